The predicted octanol–water partition coefficient (Wildman–Crippen LogP) is 2.82. The van der Waals surface area contributed by atoms with Gasteiger partial charge in [-0.2, -0.15) is 0 Å². The van der Waals surface area contributed by atoms with Gasteiger partial charge < -0.3 is 15.3 Å². The molecule has 0 radical (unpaired) electrons. The summed E-state index contributed by atoms with van der Waals surface area (Å²) >= 11 is 11.9. The zero-order valence-electron chi connectivity index (χ0n) is 14.0. The Morgan fingerprint density at radius 2 is 2.00 bits per heavy atom. The molecule has 136 valence electrons. The molecular formula is C17H20Cl2N2O4. The largest absolute Gasteiger partial charge is 0.481 e. The highest BCUT2D eigenvalue weighted by Crippen LogP contribution is 2.26. The lowest BCUT2D eigenvalue weighted by atomic mass is 9.90. The van der Waals surface area contributed by atoms with Gasteiger partial charge in [-0.15, -0.1) is 0 Å². The molecule has 1 saturated heterocycles. The number of hydrogen-bond acceptors (Lipinski definition) is 3. The highest BCUT2D eigenvalue weighted by molar-refractivity contribution is 6.43. The predicted molar refractivity (Wildman–Crippen MR) is 94.9 cm³/mol. The fraction of sp³-hybridized carbons (Fsp3) is 0.471. The first-order valence-corrected chi connectivity index (χ1v) is 8.77. The molecule has 1 unspecified atom stereocenters. The van der Waals surface area contributed by atoms with Crippen LogP contribution < -0.4 is 5.32 Å². The van der Waals surface area contributed by atoms with Crippen LogP contribution in [-0.4, -0.2) is 46.4 Å². The molecule has 1 aromatic rings. The first kappa shape index (κ1) is 19.5. The number of amides is 2. The lowest BCUT2D eigenvalue weighted by molar-refractivity contribution is -0.149. The van der Waals surface area contributed by atoms with Gasteiger partial charge in [0, 0.05) is 12.6 Å². The number of carbonyl (C=O) groups excluding carboxylic acids is 2. The average Bonchev–Trinajstić information content (AvgIpc) is 2.56. The third-order valence-electron chi connectivity index (χ3n) is 4.50. The highest BCUT2D eigenvalue weighted by atomic mass is 35.5. The summed E-state index contributed by atoms with van der Waals surface area (Å²) in [4.78, 5) is 37.8. The van der Waals surface area contributed by atoms with E-state index in [9.17, 15) is 19.5 Å². The Bertz CT molecular complexity index is 695. The molecule has 1 heterocycles. The van der Waals surface area contributed by atoms with E-state index in [1.165, 1.54) is 11.0 Å². The van der Waals surface area contributed by atoms with Crippen LogP contribution in [0.25, 0.3) is 0 Å². The molecule has 0 aromatic heterocycles. The van der Waals surface area contributed by atoms with Crippen molar-refractivity contribution >= 4 is 41.0 Å². The van der Waals surface area contributed by atoms with Crippen molar-refractivity contribution in [3.63, 3.8) is 0 Å². The van der Waals surface area contributed by atoms with Crippen LogP contribution in [-0.2, 0) is 9.59 Å². The monoisotopic (exact) mass is 386 g/mol. The van der Waals surface area contributed by atoms with E-state index in [4.69, 9.17) is 23.2 Å². The van der Waals surface area contributed by atoms with Crippen molar-refractivity contribution in [2.75, 3.05) is 6.54 Å². The number of carbonyl (C=O) groups is 3. The summed E-state index contributed by atoms with van der Waals surface area (Å²) in [7, 11) is 0. The van der Waals surface area contributed by atoms with Crippen molar-refractivity contribution in [1.82, 2.24) is 10.2 Å². The van der Waals surface area contributed by atoms with Crippen LogP contribution >= 0.6 is 23.2 Å². The minimum Gasteiger partial charge on any atom is -0.481 e. The Morgan fingerprint density at radius 1 is 1.32 bits per heavy atom. The van der Waals surface area contributed by atoms with Gasteiger partial charge in [0.25, 0.3) is 5.91 Å². The van der Waals surface area contributed by atoms with Gasteiger partial charge in [-0.1, -0.05) is 29.3 Å². The first-order chi connectivity index (χ1) is 11.7. The number of nitrogens with zero attached hydrogens (tertiary/aromatic N) is 1. The number of aliphatic carboxylic acids is 1. The van der Waals surface area contributed by atoms with Gasteiger partial charge >= 0.3 is 5.97 Å². The summed E-state index contributed by atoms with van der Waals surface area (Å²) in [5.74, 6) is -2.33. The van der Waals surface area contributed by atoms with Crippen LogP contribution in [0.5, 0.6) is 0 Å². The van der Waals surface area contributed by atoms with Crippen molar-refractivity contribution in [2.45, 2.75) is 38.8 Å². The van der Waals surface area contributed by atoms with E-state index in [0.717, 1.165) is 0 Å². The Balaban J connectivity index is 2.08. The van der Waals surface area contributed by atoms with Gasteiger partial charge in [0.2, 0.25) is 5.91 Å². The third kappa shape index (κ3) is 4.25. The minimum absolute atomic E-state index is 0.124. The second-order valence-electron chi connectivity index (χ2n) is 6.16. The molecule has 2 amide bonds. The molecule has 0 spiro atoms. The van der Waals surface area contributed by atoms with Gasteiger partial charge in [0.15, 0.2) is 0 Å². The zero-order valence-corrected chi connectivity index (χ0v) is 15.5. The molecule has 1 fully saturated rings. The van der Waals surface area contributed by atoms with Crippen molar-refractivity contribution in [2.24, 2.45) is 5.92 Å². The fourth-order valence-electron chi connectivity index (χ4n) is 3.05. The molecule has 25 heavy (non-hydrogen) atoms. The van der Waals surface area contributed by atoms with Crippen LogP contribution in [0.4, 0.5) is 0 Å². The molecule has 1 aliphatic heterocycles. The van der Waals surface area contributed by atoms with E-state index < -0.39 is 29.9 Å². The number of carboxylic acids is 1. The number of likely N-dealkylation sites (tertiary alicyclic amines) is 1. The van der Waals surface area contributed by atoms with E-state index in [1.807, 2.05) is 0 Å². The first-order valence-electron chi connectivity index (χ1n) is 8.02. The number of benzene rings is 1. The van der Waals surface area contributed by atoms with E-state index >= 15 is 0 Å². The molecule has 1 aliphatic rings. The number of rotatable bonds is 4. The second-order valence-corrected chi connectivity index (χ2v) is 6.94. The molecule has 0 bridgehead atoms. The summed E-state index contributed by atoms with van der Waals surface area (Å²) in [6, 6.07) is 3.45. The van der Waals surface area contributed by atoms with Crippen molar-refractivity contribution in [3.8, 4) is 0 Å². The molecule has 2 N–H and O–H groups in total. The van der Waals surface area contributed by atoms with Crippen LogP contribution in [0.1, 0.15) is 37.0 Å². The van der Waals surface area contributed by atoms with Crippen LogP contribution in [0, 0.1) is 5.92 Å². The van der Waals surface area contributed by atoms with Gasteiger partial charge in [-0.05, 0) is 38.8 Å². The molecule has 2 rings (SSSR count). The average molecular weight is 387 g/mol. The quantitative estimate of drug-likeness (QED) is 0.832. The van der Waals surface area contributed by atoms with Crippen LogP contribution in [0.15, 0.2) is 18.2 Å². The normalized spacial score (nSPS) is 21.5. The van der Waals surface area contributed by atoms with Crippen molar-refractivity contribution in [1.29, 1.82) is 0 Å². The number of carboxylic acid groups (broad SMARTS) is 1. The van der Waals surface area contributed by atoms with Gasteiger partial charge in [0.05, 0.1) is 21.5 Å². The summed E-state index contributed by atoms with van der Waals surface area (Å²) in [6.07, 6.45) is 1.16. The highest BCUT2D eigenvalue weighted by Gasteiger charge is 2.37. The maximum Gasteiger partial charge on any atom is 0.308 e. The van der Waals surface area contributed by atoms with E-state index in [1.54, 1.807) is 26.0 Å². The number of hydrogen-bond donors (Lipinski definition) is 2. The Hall–Kier alpha value is -1.79. The SMILES string of the molecule is CC(NC(=O)c1cccc(Cl)c1Cl)C(=O)N1CCC[C@H](C(=O)O)[C@@H]1C. The summed E-state index contributed by atoms with van der Waals surface area (Å²) in [5.41, 5.74) is 0.184. The number of piperidine rings is 1. The summed E-state index contributed by atoms with van der Waals surface area (Å²) in [6.45, 7) is 3.76. The van der Waals surface area contributed by atoms with Crippen molar-refractivity contribution < 1.29 is 19.5 Å². The van der Waals surface area contributed by atoms with Crippen molar-refractivity contribution in [3.05, 3.63) is 33.8 Å². The Kier molecular flexibility index (Phi) is 6.30. The van der Waals surface area contributed by atoms with E-state index in [0.29, 0.717) is 19.4 Å². The standard InChI is InChI=1S/C17H20Cl2N2O4/c1-9(20-15(22)12-5-3-7-13(18)14(12)19)16(23)21-8-4-6-11(10(21)2)17(24)25/h3,5,7,9-11H,4,6,8H2,1-2H3,(H,20,22)(H,24,25)/t9?,10-,11-/m0/s1. The lowest BCUT2D eigenvalue weighted by Gasteiger charge is -2.38. The molecule has 0 saturated carbocycles. The molecule has 6 nitrogen and oxygen atoms in total. The topological polar surface area (TPSA) is 86.7 Å². The third-order valence-corrected chi connectivity index (χ3v) is 5.32. The maximum absolute atomic E-state index is 12.7. The molecule has 3 atom stereocenters. The molecule has 0 aliphatic carbocycles. The number of nitrogens with one attached hydrogen (secondary N) is 1. The summed E-state index contributed by atoms with van der Waals surface area (Å²) in [5, 5.41) is 12.2. The fourth-order valence-corrected chi connectivity index (χ4v) is 3.43. The van der Waals surface area contributed by atoms with Crippen LogP contribution in [0.3, 0.4) is 0 Å². The molecular weight excluding hydrogens is 367 g/mol. The van der Waals surface area contributed by atoms with Gasteiger partial charge in [0.1, 0.15) is 6.04 Å². The number of halogens is 2. The van der Waals surface area contributed by atoms with E-state index in [2.05, 4.69) is 5.32 Å². The summed E-state index contributed by atoms with van der Waals surface area (Å²) < 4.78 is 0. The minimum atomic E-state index is -0.910. The second kappa shape index (κ2) is 8.06. The van der Waals surface area contributed by atoms with Crippen LogP contribution in [0.2, 0.25) is 10.0 Å². The lowest BCUT2D eigenvalue weighted by Crippen LogP contribution is -2.55. The molecule has 8 heteroatoms. The van der Waals surface area contributed by atoms with Gasteiger partial charge in [-0.25, -0.2) is 0 Å². The maximum atomic E-state index is 12.7. The smallest absolute Gasteiger partial charge is 0.308 e. The van der Waals surface area contributed by atoms with Gasteiger partial charge in [-0.3, -0.25) is 14.4 Å². The zero-order chi connectivity index (χ0) is 18.7. The Morgan fingerprint density at radius 3 is 2.64 bits per heavy atom. The van der Waals surface area contributed by atoms with E-state index in [-0.39, 0.29) is 21.5 Å². The molecule has 1 aromatic carbocycles. The Labute approximate surface area is 156 Å².